The second-order valence-electron chi connectivity index (χ2n) is 3.61. The minimum Gasteiger partial charge on any atom is -0.276 e. The van der Waals surface area contributed by atoms with E-state index in [1.807, 2.05) is 6.07 Å². The maximum atomic E-state index is 4.17. The average Bonchev–Trinajstić information content (AvgIpc) is 2.75. The van der Waals surface area contributed by atoms with Gasteiger partial charge in [-0.05, 0) is 24.8 Å². The van der Waals surface area contributed by atoms with Gasteiger partial charge in [0.25, 0.3) is 0 Å². The molecule has 0 amide bonds. The number of nitrogens with one attached hydrogen (secondary N) is 1. The van der Waals surface area contributed by atoms with E-state index < -0.39 is 0 Å². The summed E-state index contributed by atoms with van der Waals surface area (Å²) in [7, 11) is 0. The van der Waals surface area contributed by atoms with Crippen LogP contribution >= 0.6 is 0 Å². The van der Waals surface area contributed by atoms with E-state index in [1.54, 1.807) is 0 Å². The standard InChI is InChI=1S/C13H15N2/c1-2-13-12(10-14-15-13)9-8-11-6-4-3-5-7-11/h3-7H,2,8-9H2,1H3,(H,14,15). The summed E-state index contributed by atoms with van der Waals surface area (Å²) in [6, 6.07) is 10.5. The predicted octanol–water partition coefficient (Wildman–Crippen LogP) is 2.56. The van der Waals surface area contributed by atoms with Gasteiger partial charge < -0.3 is 0 Å². The quantitative estimate of drug-likeness (QED) is 0.805. The number of aromatic amines is 1. The van der Waals surface area contributed by atoms with Crippen LogP contribution < -0.4 is 0 Å². The van der Waals surface area contributed by atoms with Crippen molar-refractivity contribution < 1.29 is 0 Å². The van der Waals surface area contributed by atoms with E-state index in [0.29, 0.717) is 0 Å². The van der Waals surface area contributed by atoms with Crippen LogP contribution in [0.25, 0.3) is 0 Å². The van der Waals surface area contributed by atoms with Crippen LogP contribution in [0.5, 0.6) is 0 Å². The maximum Gasteiger partial charge on any atom is 0.0866 e. The Labute approximate surface area is 90.3 Å². The number of H-pyrrole nitrogens is 1. The first kappa shape index (κ1) is 9.97. The van der Waals surface area contributed by atoms with E-state index in [4.69, 9.17) is 0 Å². The Balaban J connectivity index is 1.99. The van der Waals surface area contributed by atoms with Crippen molar-refractivity contribution in [1.29, 1.82) is 0 Å². The summed E-state index contributed by atoms with van der Waals surface area (Å²) in [5.74, 6) is 0. The molecule has 2 rings (SSSR count). The molecule has 0 fully saturated rings. The Bertz CT molecular complexity index is 403. The van der Waals surface area contributed by atoms with Crippen LogP contribution in [0, 0.1) is 6.20 Å². The molecule has 0 unspecified atom stereocenters. The minimum atomic E-state index is 0.976. The number of benzene rings is 1. The fourth-order valence-electron chi connectivity index (χ4n) is 1.72. The van der Waals surface area contributed by atoms with Gasteiger partial charge in [-0.3, -0.25) is 5.10 Å². The van der Waals surface area contributed by atoms with E-state index in [9.17, 15) is 0 Å². The van der Waals surface area contributed by atoms with Crippen molar-refractivity contribution in [1.82, 2.24) is 10.2 Å². The van der Waals surface area contributed by atoms with Crippen molar-refractivity contribution in [3.63, 3.8) is 0 Å². The van der Waals surface area contributed by atoms with E-state index in [1.165, 1.54) is 11.1 Å². The zero-order valence-corrected chi connectivity index (χ0v) is 8.96. The van der Waals surface area contributed by atoms with Crippen LogP contribution in [0.2, 0.25) is 0 Å². The Morgan fingerprint density at radius 2 is 2.00 bits per heavy atom. The Kier molecular flexibility index (Phi) is 3.18. The normalized spacial score (nSPS) is 10.5. The number of hydrogen-bond acceptors (Lipinski definition) is 1. The topological polar surface area (TPSA) is 28.7 Å². The molecule has 1 heterocycles. The van der Waals surface area contributed by atoms with Crippen LogP contribution in [-0.4, -0.2) is 10.2 Å². The van der Waals surface area contributed by atoms with Crippen molar-refractivity contribution in [2.45, 2.75) is 26.2 Å². The third-order valence-corrected chi connectivity index (χ3v) is 2.59. The summed E-state index contributed by atoms with van der Waals surface area (Å²) in [6.45, 7) is 2.12. The summed E-state index contributed by atoms with van der Waals surface area (Å²) < 4.78 is 0. The summed E-state index contributed by atoms with van der Waals surface area (Å²) in [6.07, 6.45) is 6.14. The molecule has 1 aromatic carbocycles. The van der Waals surface area contributed by atoms with Crippen molar-refractivity contribution in [2.24, 2.45) is 0 Å². The van der Waals surface area contributed by atoms with Gasteiger partial charge in [0.2, 0.25) is 0 Å². The first-order valence-electron chi connectivity index (χ1n) is 5.38. The molecule has 0 aliphatic heterocycles. The number of hydrogen-bond donors (Lipinski definition) is 1. The molecule has 0 saturated carbocycles. The van der Waals surface area contributed by atoms with Crippen LogP contribution in [0.1, 0.15) is 23.7 Å². The highest BCUT2D eigenvalue weighted by atomic mass is 15.1. The highest BCUT2D eigenvalue weighted by Gasteiger charge is 2.03. The molecule has 15 heavy (non-hydrogen) atoms. The molecular formula is C13H15N2. The van der Waals surface area contributed by atoms with Crippen molar-refractivity contribution in [2.75, 3.05) is 0 Å². The fraction of sp³-hybridized carbons (Fsp3) is 0.308. The third kappa shape index (κ3) is 2.46. The molecule has 2 heteroatoms. The summed E-state index contributed by atoms with van der Waals surface area (Å²) >= 11 is 0. The van der Waals surface area contributed by atoms with Crippen LogP contribution in [0.15, 0.2) is 30.3 Å². The molecule has 0 aliphatic carbocycles. The lowest BCUT2D eigenvalue weighted by Crippen LogP contribution is -1.93. The summed E-state index contributed by atoms with van der Waals surface area (Å²) in [4.78, 5) is 0. The van der Waals surface area contributed by atoms with Crippen LogP contribution in [-0.2, 0) is 19.3 Å². The van der Waals surface area contributed by atoms with Crippen LogP contribution in [0.3, 0.4) is 0 Å². The molecular weight excluding hydrogens is 184 g/mol. The average molecular weight is 199 g/mol. The van der Waals surface area contributed by atoms with Gasteiger partial charge in [0.05, 0.1) is 11.9 Å². The van der Waals surface area contributed by atoms with Crippen molar-refractivity contribution in [3.8, 4) is 0 Å². The van der Waals surface area contributed by atoms with Crippen molar-refractivity contribution >= 4 is 0 Å². The second-order valence-corrected chi connectivity index (χ2v) is 3.61. The molecule has 2 nitrogen and oxygen atoms in total. The van der Waals surface area contributed by atoms with E-state index in [-0.39, 0.29) is 0 Å². The Hall–Kier alpha value is -1.57. The van der Waals surface area contributed by atoms with E-state index >= 15 is 0 Å². The molecule has 77 valence electrons. The third-order valence-electron chi connectivity index (χ3n) is 2.59. The van der Waals surface area contributed by atoms with E-state index in [0.717, 1.165) is 25.0 Å². The molecule has 0 bridgehead atoms. The largest absolute Gasteiger partial charge is 0.276 e. The monoisotopic (exact) mass is 199 g/mol. The first-order chi connectivity index (χ1) is 7.40. The number of nitrogens with zero attached hydrogens (tertiary/aromatic N) is 1. The zero-order valence-electron chi connectivity index (χ0n) is 8.96. The number of aryl methyl sites for hydroxylation is 3. The van der Waals surface area contributed by atoms with Gasteiger partial charge in [0.1, 0.15) is 0 Å². The van der Waals surface area contributed by atoms with Crippen LogP contribution in [0.4, 0.5) is 0 Å². The lowest BCUT2D eigenvalue weighted by Gasteiger charge is -2.00. The molecule has 1 aromatic heterocycles. The van der Waals surface area contributed by atoms with Gasteiger partial charge >= 0.3 is 0 Å². The lowest BCUT2D eigenvalue weighted by molar-refractivity contribution is 0.915. The van der Waals surface area contributed by atoms with Gasteiger partial charge in [0.15, 0.2) is 0 Å². The van der Waals surface area contributed by atoms with Crippen molar-refractivity contribution in [3.05, 3.63) is 53.3 Å². The summed E-state index contributed by atoms with van der Waals surface area (Å²) in [5, 5.41) is 6.98. The highest BCUT2D eigenvalue weighted by Crippen LogP contribution is 2.09. The molecule has 1 N–H and O–H groups in total. The smallest absolute Gasteiger partial charge is 0.0866 e. The van der Waals surface area contributed by atoms with E-state index in [2.05, 4.69) is 47.6 Å². The maximum absolute atomic E-state index is 4.17. The summed E-state index contributed by atoms with van der Waals surface area (Å²) in [5.41, 5.74) is 3.74. The SMILES string of the molecule is CCc1n[nH][c]c1CCc1ccccc1. The Morgan fingerprint density at radius 1 is 1.20 bits per heavy atom. The van der Waals surface area contributed by atoms with Gasteiger partial charge in [-0.2, -0.15) is 5.10 Å². The molecule has 0 atom stereocenters. The minimum absolute atomic E-state index is 0.976. The molecule has 2 aromatic rings. The van der Waals surface area contributed by atoms with Gasteiger partial charge in [-0.1, -0.05) is 37.3 Å². The fourth-order valence-corrected chi connectivity index (χ4v) is 1.72. The molecule has 0 saturated heterocycles. The van der Waals surface area contributed by atoms with Gasteiger partial charge in [0, 0.05) is 5.56 Å². The zero-order chi connectivity index (χ0) is 10.5. The first-order valence-corrected chi connectivity index (χ1v) is 5.38. The van der Waals surface area contributed by atoms with Gasteiger partial charge in [-0.25, -0.2) is 0 Å². The van der Waals surface area contributed by atoms with Gasteiger partial charge in [-0.15, -0.1) is 0 Å². The number of rotatable bonds is 4. The number of aromatic nitrogens is 2. The highest BCUT2D eigenvalue weighted by molar-refractivity contribution is 5.20. The predicted molar refractivity (Wildman–Crippen MR) is 60.7 cm³/mol. The molecule has 0 spiro atoms. The second kappa shape index (κ2) is 4.78. The molecule has 0 aliphatic rings. The Morgan fingerprint density at radius 3 is 2.73 bits per heavy atom. The lowest BCUT2D eigenvalue weighted by atomic mass is 10.0. The molecule has 1 radical (unpaired) electrons.